The number of carbonyl (C=O) groups is 2. The molecule has 0 aliphatic rings. The Hall–Kier alpha value is -3.28. The molecule has 0 saturated carbocycles. The largest absolute Gasteiger partial charge is 0.344 e. The van der Waals surface area contributed by atoms with Crippen molar-refractivity contribution in [2.75, 3.05) is 5.32 Å². The fourth-order valence-corrected chi connectivity index (χ4v) is 2.98. The minimum Gasteiger partial charge on any atom is -0.344 e. The van der Waals surface area contributed by atoms with Crippen molar-refractivity contribution in [2.24, 2.45) is 7.05 Å². The van der Waals surface area contributed by atoms with Crippen LogP contribution in [0.25, 0.3) is 0 Å². The van der Waals surface area contributed by atoms with Gasteiger partial charge in [-0.25, -0.2) is 9.97 Å². The van der Waals surface area contributed by atoms with E-state index in [0.29, 0.717) is 11.3 Å². The van der Waals surface area contributed by atoms with Crippen molar-refractivity contribution < 1.29 is 9.59 Å². The molecule has 0 radical (unpaired) electrons. The molecule has 1 N–H and O–H groups in total. The fraction of sp³-hybridized carbons (Fsp3) is 0.304. The molecule has 6 nitrogen and oxygen atoms in total. The third-order valence-electron chi connectivity index (χ3n) is 4.79. The first-order chi connectivity index (χ1) is 13.6. The second-order valence-corrected chi connectivity index (χ2v) is 8.20. The Labute approximate surface area is 171 Å². The molecule has 0 unspecified atom stereocenters. The molecule has 0 spiro atoms. The van der Waals surface area contributed by atoms with Gasteiger partial charge in [-0.2, -0.15) is 0 Å². The van der Waals surface area contributed by atoms with Crippen LogP contribution in [0.4, 0.5) is 5.95 Å². The summed E-state index contributed by atoms with van der Waals surface area (Å²) in [6, 6.07) is 12.9. The highest BCUT2D eigenvalue weighted by Gasteiger charge is 2.18. The molecule has 1 amide bonds. The standard InChI is InChI=1S/C23H26N4O2/c1-15-6-8-16(9-7-15)21(29)18-11-10-17(27(18)5)14-20(28)26-22-24-13-12-19(25-22)23(2,3)4/h6-13H,14H2,1-5H3,(H,24,25,26,28). The molecule has 29 heavy (non-hydrogen) atoms. The molecule has 0 atom stereocenters. The van der Waals surface area contributed by atoms with E-state index in [1.807, 2.05) is 37.3 Å². The van der Waals surface area contributed by atoms with Crippen LogP contribution >= 0.6 is 0 Å². The molecule has 3 rings (SSSR count). The Bertz CT molecular complexity index is 1040. The molecule has 0 aliphatic heterocycles. The van der Waals surface area contributed by atoms with Gasteiger partial charge in [-0.1, -0.05) is 50.6 Å². The number of amides is 1. The number of aryl methyl sites for hydroxylation is 1. The van der Waals surface area contributed by atoms with Crippen LogP contribution in [0.5, 0.6) is 0 Å². The average molecular weight is 390 g/mol. The molecule has 0 saturated heterocycles. The normalized spacial score (nSPS) is 11.3. The maximum absolute atomic E-state index is 12.8. The number of anilines is 1. The molecule has 150 valence electrons. The van der Waals surface area contributed by atoms with Crippen molar-refractivity contribution >= 4 is 17.6 Å². The van der Waals surface area contributed by atoms with Crippen LogP contribution in [0.15, 0.2) is 48.7 Å². The first-order valence-electron chi connectivity index (χ1n) is 9.54. The van der Waals surface area contributed by atoms with Gasteiger partial charge in [-0.15, -0.1) is 0 Å². The van der Waals surface area contributed by atoms with Gasteiger partial charge in [0.2, 0.25) is 17.6 Å². The van der Waals surface area contributed by atoms with Crippen molar-refractivity contribution in [3.05, 3.63) is 76.9 Å². The van der Waals surface area contributed by atoms with Crippen molar-refractivity contribution in [1.82, 2.24) is 14.5 Å². The van der Waals surface area contributed by atoms with Gasteiger partial charge in [-0.05, 0) is 25.1 Å². The minimum absolute atomic E-state index is 0.0691. The van der Waals surface area contributed by atoms with E-state index in [9.17, 15) is 9.59 Å². The summed E-state index contributed by atoms with van der Waals surface area (Å²) in [5, 5.41) is 2.75. The van der Waals surface area contributed by atoms with Crippen LogP contribution in [0.2, 0.25) is 0 Å². The smallest absolute Gasteiger partial charge is 0.232 e. The quantitative estimate of drug-likeness (QED) is 0.672. The van der Waals surface area contributed by atoms with Gasteiger partial charge in [0, 0.05) is 29.9 Å². The monoisotopic (exact) mass is 390 g/mol. The van der Waals surface area contributed by atoms with Crippen molar-refractivity contribution in [3.8, 4) is 0 Å². The van der Waals surface area contributed by atoms with E-state index in [0.717, 1.165) is 17.0 Å². The Balaban J connectivity index is 1.72. The Morgan fingerprint density at radius 3 is 2.38 bits per heavy atom. The lowest BCUT2D eigenvalue weighted by Crippen LogP contribution is -2.20. The summed E-state index contributed by atoms with van der Waals surface area (Å²) in [5.74, 6) is -0.0143. The highest BCUT2D eigenvalue weighted by atomic mass is 16.1. The van der Waals surface area contributed by atoms with Crippen LogP contribution in [-0.2, 0) is 23.7 Å². The van der Waals surface area contributed by atoms with Gasteiger partial charge >= 0.3 is 0 Å². The van der Waals surface area contributed by atoms with E-state index >= 15 is 0 Å². The number of carbonyl (C=O) groups excluding carboxylic acids is 2. The Morgan fingerprint density at radius 1 is 1.03 bits per heavy atom. The number of nitrogens with zero attached hydrogens (tertiary/aromatic N) is 3. The van der Waals surface area contributed by atoms with Gasteiger partial charge in [0.25, 0.3) is 0 Å². The number of nitrogens with one attached hydrogen (secondary N) is 1. The van der Waals surface area contributed by atoms with Crippen molar-refractivity contribution in [2.45, 2.75) is 39.5 Å². The number of benzene rings is 1. The molecule has 1 aromatic carbocycles. The van der Waals surface area contributed by atoms with Crippen molar-refractivity contribution in [3.63, 3.8) is 0 Å². The zero-order valence-corrected chi connectivity index (χ0v) is 17.5. The summed E-state index contributed by atoms with van der Waals surface area (Å²) in [7, 11) is 1.79. The zero-order valence-electron chi connectivity index (χ0n) is 17.5. The number of hydrogen-bond acceptors (Lipinski definition) is 4. The van der Waals surface area contributed by atoms with Crippen LogP contribution in [0.3, 0.4) is 0 Å². The predicted molar refractivity (Wildman–Crippen MR) is 113 cm³/mol. The lowest BCUT2D eigenvalue weighted by atomic mass is 9.92. The van der Waals surface area contributed by atoms with Crippen LogP contribution in [0, 0.1) is 6.92 Å². The number of hydrogen-bond donors (Lipinski definition) is 1. The second kappa shape index (κ2) is 7.99. The Morgan fingerprint density at radius 2 is 1.72 bits per heavy atom. The number of ketones is 1. The number of rotatable bonds is 5. The zero-order chi connectivity index (χ0) is 21.2. The third-order valence-corrected chi connectivity index (χ3v) is 4.79. The topological polar surface area (TPSA) is 76.9 Å². The number of aromatic nitrogens is 3. The lowest BCUT2D eigenvalue weighted by molar-refractivity contribution is -0.115. The van der Waals surface area contributed by atoms with Gasteiger partial charge in [0.05, 0.1) is 17.8 Å². The van der Waals surface area contributed by atoms with E-state index in [2.05, 4.69) is 36.1 Å². The molecular formula is C23H26N4O2. The van der Waals surface area contributed by atoms with Crippen LogP contribution in [0.1, 0.15) is 53.8 Å². The second-order valence-electron chi connectivity index (χ2n) is 8.20. The van der Waals surface area contributed by atoms with E-state index in [4.69, 9.17) is 0 Å². The molecule has 3 aromatic rings. The maximum atomic E-state index is 12.8. The van der Waals surface area contributed by atoms with Crippen LogP contribution < -0.4 is 5.32 Å². The highest BCUT2D eigenvalue weighted by molar-refractivity contribution is 6.08. The average Bonchev–Trinajstić information content (AvgIpc) is 3.01. The first-order valence-corrected chi connectivity index (χ1v) is 9.54. The fourth-order valence-electron chi connectivity index (χ4n) is 2.98. The minimum atomic E-state index is -0.230. The molecule has 0 bridgehead atoms. The Kier molecular flexibility index (Phi) is 5.64. The molecule has 2 heterocycles. The lowest BCUT2D eigenvalue weighted by Gasteiger charge is -2.17. The predicted octanol–water partition coefficient (Wildman–Crippen LogP) is 3.83. The van der Waals surface area contributed by atoms with E-state index < -0.39 is 0 Å². The van der Waals surface area contributed by atoms with Gasteiger partial charge in [-0.3, -0.25) is 14.9 Å². The third kappa shape index (κ3) is 4.77. The summed E-state index contributed by atoms with van der Waals surface area (Å²) >= 11 is 0. The highest BCUT2D eigenvalue weighted by Crippen LogP contribution is 2.20. The van der Waals surface area contributed by atoms with E-state index in [1.165, 1.54) is 0 Å². The summed E-state index contributed by atoms with van der Waals surface area (Å²) in [4.78, 5) is 33.8. The first kappa shape index (κ1) is 20.5. The summed E-state index contributed by atoms with van der Waals surface area (Å²) < 4.78 is 1.76. The van der Waals surface area contributed by atoms with E-state index in [-0.39, 0.29) is 29.5 Å². The van der Waals surface area contributed by atoms with Gasteiger partial charge < -0.3 is 4.57 Å². The SMILES string of the molecule is Cc1ccc(C(=O)c2ccc(CC(=O)Nc3nccc(C(C)(C)C)n3)n2C)cc1. The maximum Gasteiger partial charge on any atom is 0.232 e. The summed E-state index contributed by atoms with van der Waals surface area (Å²) in [5.41, 5.74) is 3.73. The van der Waals surface area contributed by atoms with Gasteiger partial charge in [0.1, 0.15) is 0 Å². The molecule has 2 aromatic heterocycles. The molecule has 6 heteroatoms. The molecular weight excluding hydrogens is 364 g/mol. The molecule has 0 fully saturated rings. The molecule has 0 aliphatic carbocycles. The summed E-state index contributed by atoms with van der Waals surface area (Å²) in [6.45, 7) is 8.14. The van der Waals surface area contributed by atoms with Gasteiger partial charge in [0.15, 0.2) is 0 Å². The van der Waals surface area contributed by atoms with Crippen LogP contribution in [-0.4, -0.2) is 26.2 Å². The van der Waals surface area contributed by atoms with Crippen molar-refractivity contribution in [1.29, 1.82) is 0 Å². The summed E-state index contributed by atoms with van der Waals surface area (Å²) in [6.07, 6.45) is 1.77. The van der Waals surface area contributed by atoms with E-state index in [1.54, 1.807) is 29.9 Å².